The van der Waals surface area contributed by atoms with E-state index in [4.69, 9.17) is 56.8 Å². The van der Waals surface area contributed by atoms with E-state index in [1.54, 1.807) is 28.1 Å². The number of ketones is 1. The van der Waals surface area contributed by atoms with Gasteiger partial charge in [0, 0.05) is 53.4 Å². The molecule has 4 heterocycles. The van der Waals surface area contributed by atoms with E-state index in [-0.39, 0.29) is 51.0 Å². The zero-order valence-electron chi connectivity index (χ0n) is 42.6. The molecular weight excluding hydrogens is 921 g/mol. The van der Waals surface area contributed by atoms with E-state index in [0.717, 1.165) is 5.57 Å². The number of methoxy groups -OCH3 is 3. The molecular formula is C50H80O20. The van der Waals surface area contributed by atoms with E-state index in [0.29, 0.717) is 19.3 Å². The molecule has 0 spiro atoms. The Morgan fingerprint density at radius 1 is 0.657 bits per heavy atom. The summed E-state index contributed by atoms with van der Waals surface area (Å²) in [4.78, 5) is 25.5. The van der Waals surface area contributed by atoms with Crippen molar-refractivity contribution in [2.75, 3.05) is 21.3 Å². The average Bonchev–Trinajstić information content (AvgIpc) is 3.53. The van der Waals surface area contributed by atoms with Gasteiger partial charge in [0.15, 0.2) is 30.9 Å². The molecule has 4 aliphatic carbocycles. The van der Waals surface area contributed by atoms with Crippen LogP contribution in [0.2, 0.25) is 0 Å². The number of aliphatic hydroxyl groups excluding tert-OH is 3. The molecule has 8 aliphatic rings. The lowest BCUT2D eigenvalue weighted by molar-refractivity contribution is -0.355. The fraction of sp³-hybridized carbons (Fsp3) is 0.920. The minimum Gasteiger partial charge on any atom is -0.462 e. The van der Waals surface area contributed by atoms with Gasteiger partial charge in [0.2, 0.25) is 0 Å². The summed E-state index contributed by atoms with van der Waals surface area (Å²) in [5, 5.41) is 70.1. The number of ether oxygens (including phenoxy) is 12. The van der Waals surface area contributed by atoms with Gasteiger partial charge in [-0.1, -0.05) is 18.6 Å². The first-order valence-electron chi connectivity index (χ1n) is 25.3. The highest BCUT2D eigenvalue weighted by atomic mass is 16.8. The Bertz CT molecular complexity index is 1890. The number of rotatable bonds is 13. The molecule has 20 nitrogen and oxygen atoms in total. The second-order valence-corrected chi connectivity index (χ2v) is 22.0. The molecule has 6 N–H and O–H groups in total. The van der Waals surface area contributed by atoms with E-state index in [2.05, 4.69) is 6.92 Å². The number of hydrogen-bond acceptors (Lipinski definition) is 20. The summed E-state index contributed by atoms with van der Waals surface area (Å²) in [7, 11) is 4.55. The van der Waals surface area contributed by atoms with Crippen LogP contribution in [0.15, 0.2) is 11.6 Å². The highest BCUT2D eigenvalue weighted by molar-refractivity contribution is 5.87. The quantitative estimate of drug-likeness (QED) is 0.114. The minimum atomic E-state index is -2.00. The maximum Gasteiger partial charge on any atom is 0.302 e. The number of carbonyl (C=O) groups is 2. The van der Waals surface area contributed by atoms with Gasteiger partial charge in [-0.05, 0) is 91.9 Å². The first-order valence-corrected chi connectivity index (χ1v) is 25.3. The summed E-state index contributed by atoms with van der Waals surface area (Å²) < 4.78 is 73.5. The molecule has 0 aromatic rings. The fourth-order valence-corrected chi connectivity index (χ4v) is 14.1. The maximum atomic E-state index is 13.0. The number of hydrogen-bond donors (Lipinski definition) is 6. The predicted molar refractivity (Wildman–Crippen MR) is 242 cm³/mol. The maximum absolute atomic E-state index is 13.0. The molecule has 4 aliphatic heterocycles. The van der Waals surface area contributed by atoms with Crippen LogP contribution in [-0.2, 0) is 66.4 Å². The second kappa shape index (κ2) is 20.4. The van der Waals surface area contributed by atoms with Crippen LogP contribution in [0.4, 0.5) is 0 Å². The third-order valence-electron chi connectivity index (χ3n) is 18.2. The molecule has 8 rings (SSSR count). The Hall–Kier alpha value is -1.80. The fourth-order valence-electron chi connectivity index (χ4n) is 14.1. The van der Waals surface area contributed by atoms with Crippen LogP contribution in [0.1, 0.15) is 120 Å². The smallest absolute Gasteiger partial charge is 0.302 e. The van der Waals surface area contributed by atoms with Crippen molar-refractivity contribution in [3.63, 3.8) is 0 Å². The van der Waals surface area contributed by atoms with Crippen LogP contribution in [0.3, 0.4) is 0 Å². The molecule has 4 saturated heterocycles. The standard InChI is InChI=1S/C50H80O20/c1-23-39(54)44(61-11)40(55)45(65-23)70-43-26(4)64-38(21-33(43)60-10)69-42-25(3)63-37(20-32(42)59-9)68-41-24(2)62-36(19-31(41)53)67-30-13-14-46(7)29(18-30)12-15-49(57)34(46)22-35(66-28(6)52)47(8)48(56,27(5)51)16-17-50(47,49)58/h12,23-26,30-45,53-58H,13-22H2,1-11H3/t23-,24-,25-,26-,30+,31-,32+,33-,34-,35-,36+,37+,38+,39-,40-,41-,42-,43-,44+,45+,46+,47-,48+,49+,50-/m1/s1. The van der Waals surface area contributed by atoms with Gasteiger partial charge in [0.05, 0.1) is 54.2 Å². The molecule has 0 aromatic carbocycles. The van der Waals surface area contributed by atoms with Crippen molar-refractivity contribution in [3.05, 3.63) is 11.6 Å². The monoisotopic (exact) mass is 1000 g/mol. The Morgan fingerprint density at radius 3 is 1.79 bits per heavy atom. The molecule has 0 unspecified atom stereocenters. The first kappa shape index (κ1) is 54.5. The van der Waals surface area contributed by atoms with E-state index in [1.165, 1.54) is 21.0 Å². The van der Waals surface area contributed by atoms with Crippen LogP contribution in [0.25, 0.3) is 0 Å². The molecule has 0 radical (unpaired) electrons. The summed E-state index contributed by atoms with van der Waals surface area (Å²) in [5.41, 5.74) is -6.87. The number of Topliss-reactive ketones (excluding diaryl/α,β-unsaturated/α-hetero) is 1. The number of fused-ring (bicyclic) bond motifs is 5. The molecule has 0 amide bonds. The summed E-state index contributed by atoms with van der Waals surface area (Å²) in [6, 6.07) is 0. The highest BCUT2D eigenvalue weighted by Crippen LogP contribution is 2.71. The van der Waals surface area contributed by atoms with Gasteiger partial charge in [0.1, 0.15) is 59.5 Å². The Balaban J connectivity index is 0.850. The summed E-state index contributed by atoms with van der Waals surface area (Å²) in [6.07, 6.45) is -9.52. The van der Waals surface area contributed by atoms with Gasteiger partial charge >= 0.3 is 5.97 Å². The third-order valence-corrected chi connectivity index (χ3v) is 18.2. The van der Waals surface area contributed by atoms with Crippen LogP contribution >= 0.6 is 0 Å². The van der Waals surface area contributed by atoms with E-state index >= 15 is 0 Å². The third kappa shape index (κ3) is 9.06. The largest absolute Gasteiger partial charge is 0.462 e. The van der Waals surface area contributed by atoms with Crippen molar-refractivity contribution in [1.82, 2.24) is 0 Å². The van der Waals surface area contributed by atoms with Crippen LogP contribution in [-0.4, -0.2) is 197 Å². The van der Waals surface area contributed by atoms with Crippen LogP contribution in [0.5, 0.6) is 0 Å². The summed E-state index contributed by atoms with van der Waals surface area (Å²) >= 11 is 0. The first-order chi connectivity index (χ1) is 32.9. The lowest BCUT2D eigenvalue weighted by Gasteiger charge is -2.67. The molecule has 25 atom stereocenters. The molecule has 400 valence electrons. The van der Waals surface area contributed by atoms with Crippen molar-refractivity contribution < 1.29 is 97.1 Å². The summed E-state index contributed by atoms with van der Waals surface area (Å²) in [5.74, 6) is -1.70. The molecule has 20 heteroatoms. The van der Waals surface area contributed by atoms with Gasteiger partial charge in [-0.2, -0.15) is 0 Å². The van der Waals surface area contributed by atoms with Crippen molar-refractivity contribution in [3.8, 4) is 0 Å². The Kier molecular flexibility index (Phi) is 15.9. The summed E-state index contributed by atoms with van der Waals surface area (Å²) in [6.45, 7) is 13.3. The molecule has 0 bridgehead atoms. The molecule has 70 heavy (non-hydrogen) atoms. The number of carbonyl (C=O) groups excluding carboxylic acids is 2. The zero-order chi connectivity index (χ0) is 51.0. The van der Waals surface area contributed by atoms with Crippen LogP contribution in [0, 0.1) is 16.7 Å². The van der Waals surface area contributed by atoms with Gasteiger partial charge in [-0.15, -0.1) is 0 Å². The van der Waals surface area contributed by atoms with Crippen molar-refractivity contribution in [1.29, 1.82) is 0 Å². The van der Waals surface area contributed by atoms with Crippen molar-refractivity contribution >= 4 is 11.8 Å². The molecule has 3 saturated carbocycles. The highest BCUT2D eigenvalue weighted by Gasteiger charge is 2.81. The van der Waals surface area contributed by atoms with Gasteiger partial charge < -0.3 is 87.5 Å². The molecule has 0 aromatic heterocycles. The Labute approximate surface area is 410 Å². The van der Waals surface area contributed by atoms with Crippen LogP contribution < -0.4 is 0 Å². The van der Waals surface area contributed by atoms with Crippen molar-refractivity contribution in [2.24, 2.45) is 16.7 Å². The lowest BCUT2D eigenvalue weighted by atomic mass is 9.42. The average molecular weight is 1000 g/mol. The number of aliphatic hydroxyl groups is 6. The van der Waals surface area contributed by atoms with E-state index in [9.17, 15) is 40.2 Å². The SMILES string of the molecule is CO[C@@H]1[C@@H](O)[C@H](O[C@@H]2[C@@H](C)O[C@@H](O[C@H]3[C@@H](OC)C[C@H](O[C@H]4[C@H](O)C[C@H](O[C@H]5CC[C@@]6(C)C(=CC[C@]7(O)[C@@H]6C[C@@H](OC(C)=O)[C@@]6(C)[C@]7(O)CC[C@]6(O)C(C)=O)C5)O[C@@H]4C)O[C@@H]3C)C[C@H]2OC)O[C@H](C)[C@H]1O. The Morgan fingerprint density at radius 2 is 1.23 bits per heavy atom. The lowest BCUT2D eigenvalue weighted by Crippen LogP contribution is -2.78. The van der Waals surface area contributed by atoms with Gasteiger partial charge in [-0.25, -0.2) is 0 Å². The number of esters is 1. The topological polar surface area (TPSA) is 266 Å². The predicted octanol–water partition coefficient (Wildman–Crippen LogP) is 1.86. The van der Waals surface area contributed by atoms with E-state index in [1.807, 2.05) is 26.8 Å². The van der Waals surface area contributed by atoms with Crippen molar-refractivity contribution in [2.45, 2.75) is 253 Å². The second-order valence-electron chi connectivity index (χ2n) is 22.0. The zero-order valence-corrected chi connectivity index (χ0v) is 42.6. The van der Waals surface area contributed by atoms with Gasteiger partial charge in [0.25, 0.3) is 0 Å². The van der Waals surface area contributed by atoms with Gasteiger partial charge in [-0.3, -0.25) is 9.59 Å². The normalized spacial score (nSPS) is 52.7. The van der Waals surface area contributed by atoms with E-state index < -0.39 is 156 Å². The molecule has 7 fully saturated rings. The minimum absolute atomic E-state index is 0.0358.